The second-order valence-corrected chi connectivity index (χ2v) is 16.8. The Balaban J connectivity index is 1.55. The highest BCUT2D eigenvalue weighted by Gasteiger charge is 2.28. The first-order valence-corrected chi connectivity index (χ1v) is 19.2. The van der Waals surface area contributed by atoms with Crippen molar-refractivity contribution < 1.29 is 0 Å². The molecule has 0 aliphatic heterocycles. The van der Waals surface area contributed by atoms with Gasteiger partial charge in [0.25, 0.3) is 0 Å². The summed E-state index contributed by atoms with van der Waals surface area (Å²) < 4.78 is 0. The third-order valence-corrected chi connectivity index (χ3v) is 14.1. The predicted octanol–water partition coefficient (Wildman–Crippen LogP) is 9.79. The molecule has 8 aromatic rings. The fraction of sp³-hybridized carbons (Fsp3) is 0.0435. The molecule has 0 heterocycles. The molecular formula is C46H36P2. The summed E-state index contributed by atoms with van der Waals surface area (Å²) in [6.45, 7) is 4.40. The third-order valence-electron chi connectivity index (χ3n) is 9.10. The van der Waals surface area contributed by atoms with Crippen molar-refractivity contribution in [3.63, 3.8) is 0 Å². The van der Waals surface area contributed by atoms with Gasteiger partial charge < -0.3 is 0 Å². The van der Waals surface area contributed by atoms with E-state index in [0.717, 1.165) is 0 Å². The van der Waals surface area contributed by atoms with E-state index in [4.69, 9.17) is 0 Å². The molecule has 0 aliphatic carbocycles. The molecule has 0 N–H and O–H groups in total. The first-order valence-electron chi connectivity index (χ1n) is 16.5. The highest BCUT2D eigenvalue weighted by Crippen LogP contribution is 2.45. The topological polar surface area (TPSA) is 0 Å². The first kappa shape index (κ1) is 30.5. The zero-order valence-electron chi connectivity index (χ0n) is 27.2. The Labute approximate surface area is 286 Å². The normalized spacial score (nSPS) is 11.5. The van der Waals surface area contributed by atoms with Crippen LogP contribution in [0.15, 0.2) is 182 Å². The second-order valence-electron chi connectivity index (χ2n) is 12.4. The van der Waals surface area contributed by atoms with Gasteiger partial charge >= 0.3 is 0 Å². The molecule has 230 valence electrons. The molecule has 0 bridgehead atoms. The summed E-state index contributed by atoms with van der Waals surface area (Å²) in [5.41, 5.74) is 5.27. The Kier molecular flexibility index (Phi) is 8.46. The molecule has 48 heavy (non-hydrogen) atoms. The van der Waals surface area contributed by atoms with Crippen LogP contribution in [0, 0.1) is 13.8 Å². The molecule has 0 aromatic heterocycles. The molecule has 0 fully saturated rings. The van der Waals surface area contributed by atoms with Crippen molar-refractivity contribution in [1.29, 1.82) is 0 Å². The van der Waals surface area contributed by atoms with Crippen molar-refractivity contribution in [2.24, 2.45) is 0 Å². The quantitative estimate of drug-likeness (QED) is 0.151. The van der Waals surface area contributed by atoms with Crippen LogP contribution >= 0.6 is 15.8 Å². The Hall–Kier alpha value is -4.86. The van der Waals surface area contributed by atoms with Crippen LogP contribution in [0.25, 0.3) is 32.7 Å². The van der Waals surface area contributed by atoms with Crippen molar-refractivity contribution in [2.75, 3.05) is 0 Å². The maximum absolute atomic E-state index is 2.44. The SMILES string of the molecule is Cc1ccc2c(-c3c(P(c4ccccc4)c4ccccc4)ccc4cc(C)ccc34)c(P(c3ccccc3)c3ccccc3)ccc2c1. The Bertz CT molecular complexity index is 2100. The molecule has 0 aliphatic rings. The minimum atomic E-state index is -0.866. The Morgan fingerprint density at radius 1 is 0.312 bits per heavy atom. The molecular weight excluding hydrogens is 614 g/mol. The van der Waals surface area contributed by atoms with Gasteiger partial charge in [0.2, 0.25) is 0 Å². The van der Waals surface area contributed by atoms with Gasteiger partial charge in [-0.2, -0.15) is 0 Å². The summed E-state index contributed by atoms with van der Waals surface area (Å²) in [5, 5.41) is 13.4. The monoisotopic (exact) mass is 650 g/mol. The van der Waals surface area contributed by atoms with Gasteiger partial charge in [0, 0.05) is 0 Å². The number of hydrogen-bond acceptors (Lipinski definition) is 0. The van der Waals surface area contributed by atoms with E-state index in [9.17, 15) is 0 Å². The van der Waals surface area contributed by atoms with Crippen molar-refractivity contribution >= 4 is 69.2 Å². The van der Waals surface area contributed by atoms with Crippen LogP contribution < -0.4 is 31.8 Å². The molecule has 8 rings (SSSR count). The van der Waals surface area contributed by atoms with Crippen molar-refractivity contribution in [3.8, 4) is 11.1 Å². The van der Waals surface area contributed by atoms with Crippen LogP contribution in [0.3, 0.4) is 0 Å². The van der Waals surface area contributed by atoms with E-state index in [2.05, 4.69) is 196 Å². The van der Waals surface area contributed by atoms with Crippen LogP contribution in [-0.4, -0.2) is 0 Å². The average molecular weight is 651 g/mol. The number of aryl methyl sites for hydroxylation is 2. The smallest absolute Gasteiger partial charge is 0.000883 e. The van der Waals surface area contributed by atoms with E-state index in [1.54, 1.807) is 0 Å². The molecule has 8 aromatic carbocycles. The number of benzene rings is 8. The molecule has 0 unspecified atom stereocenters. The lowest BCUT2D eigenvalue weighted by Crippen LogP contribution is -2.26. The van der Waals surface area contributed by atoms with E-state index in [0.29, 0.717) is 0 Å². The standard InChI is InChI=1S/C46H36P2/c1-33-23-27-41-35(31-33)25-29-43(47(37-15-7-3-8-16-37)38-17-9-4-10-18-38)45(41)46-42-28-24-34(2)32-36(42)26-30-44(46)48(39-19-11-5-12-20-39)40-21-13-6-14-22-40/h3-32H,1-2H3. The fourth-order valence-electron chi connectivity index (χ4n) is 6.94. The van der Waals surface area contributed by atoms with Crippen molar-refractivity contribution in [1.82, 2.24) is 0 Å². The number of fused-ring (bicyclic) bond motifs is 2. The van der Waals surface area contributed by atoms with Gasteiger partial charge in [-0.05, 0) is 94.2 Å². The molecule has 2 heteroatoms. The fourth-order valence-corrected chi connectivity index (χ4v) is 11.9. The zero-order chi connectivity index (χ0) is 32.5. The van der Waals surface area contributed by atoms with Gasteiger partial charge in [0.1, 0.15) is 0 Å². The lowest BCUT2D eigenvalue weighted by atomic mass is 9.92. The van der Waals surface area contributed by atoms with Gasteiger partial charge in [0.05, 0.1) is 0 Å². The Morgan fingerprint density at radius 2 is 0.625 bits per heavy atom. The highest BCUT2D eigenvalue weighted by molar-refractivity contribution is 7.80. The summed E-state index contributed by atoms with van der Waals surface area (Å²) >= 11 is 0. The molecule has 0 spiro atoms. The van der Waals surface area contributed by atoms with Gasteiger partial charge in [-0.15, -0.1) is 0 Å². The highest BCUT2D eigenvalue weighted by atomic mass is 31.1. The summed E-state index contributed by atoms with van der Waals surface area (Å²) in [6, 6.07) is 68.1. The van der Waals surface area contributed by atoms with E-state index in [-0.39, 0.29) is 0 Å². The predicted molar refractivity (Wildman–Crippen MR) is 214 cm³/mol. The van der Waals surface area contributed by atoms with E-state index < -0.39 is 15.8 Å². The molecule has 0 radical (unpaired) electrons. The zero-order valence-corrected chi connectivity index (χ0v) is 29.0. The minimum Gasteiger partial charge on any atom is -0.0622 e. The molecule has 0 atom stereocenters. The number of rotatable bonds is 7. The van der Waals surface area contributed by atoms with Crippen molar-refractivity contribution in [3.05, 3.63) is 193 Å². The minimum absolute atomic E-state index is 0.866. The van der Waals surface area contributed by atoms with Gasteiger partial charge in [-0.1, -0.05) is 193 Å². The average Bonchev–Trinajstić information content (AvgIpc) is 3.13. The lowest BCUT2D eigenvalue weighted by molar-refractivity contribution is 1.50. The maximum Gasteiger partial charge on any atom is -0.000883 e. The summed E-state index contributed by atoms with van der Waals surface area (Å²) in [4.78, 5) is 0. The summed E-state index contributed by atoms with van der Waals surface area (Å²) in [7, 11) is -1.73. The summed E-state index contributed by atoms with van der Waals surface area (Å²) in [5.74, 6) is 0. The molecule has 0 amide bonds. The molecule has 0 saturated carbocycles. The van der Waals surface area contributed by atoms with Crippen LogP contribution in [0.1, 0.15) is 11.1 Å². The maximum atomic E-state index is 2.44. The number of hydrogen-bond donors (Lipinski definition) is 0. The van der Waals surface area contributed by atoms with Crippen LogP contribution in [0.5, 0.6) is 0 Å². The van der Waals surface area contributed by atoms with E-state index in [1.165, 1.54) is 75.6 Å². The first-order chi connectivity index (χ1) is 23.7. The third kappa shape index (κ3) is 5.77. The van der Waals surface area contributed by atoms with Crippen LogP contribution in [0.2, 0.25) is 0 Å². The van der Waals surface area contributed by atoms with E-state index in [1.807, 2.05) is 0 Å². The van der Waals surface area contributed by atoms with Crippen LogP contribution in [-0.2, 0) is 0 Å². The molecule has 0 nitrogen and oxygen atoms in total. The lowest BCUT2D eigenvalue weighted by Gasteiger charge is -2.28. The Morgan fingerprint density at radius 3 is 0.938 bits per heavy atom. The van der Waals surface area contributed by atoms with Gasteiger partial charge in [-0.25, -0.2) is 0 Å². The van der Waals surface area contributed by atoms with Gasteiger partial charge in [-0.3, -0.25) is 0 Å². The summed E-state index contributed by atoms with van der Waals surface area (Å²) in [6.07, 6.45) is 0. The van der Waals surface area contributed by atoms with Crippen molar-refractivity contribution in [2.45, 2.75) is 13.8 Å². The van der Waals surface area contributed by atoms with E-state index >= 15 is 0 Å². The molecule has 0 saturated heterocycles. The van der Waals surface area contributed by atoms with Gasteiger partial charge in [0.15, 0.2) is 0 Å². The second kappa shape index (κ2) is 13.3. The largest absolute Gasteiger partial charge is 0.0622 e. The van der Waals surface area contributed by atoms with Crippen LogP contribution in [0.4, 0.5) is 0 Å².